The molecule has 7 heteroatoms. The van der Waals surface area contributed by atoms with E-state index in [0.29, 0.717) is 28.6 Å². The summed E-state index contributed by atoms with van der Waals surface area (Å²) < 4.78 is 12.0. The zero-order valence-electron chi connectivity index (χ0n) is 11.6. The number of aromatic nitrogens is 1. The van der Waals surface area contributed by atoms with Crippen molar-refractivity contribution >= 4 is 17.2 Å². The molecule has 0 unspecified atom stereocenters. The van der Waals surface area contributed by atoms with Crippen LogP contribution in [-0.2, 0) is 13.6 Å². The quantitative estimate of drug-likeness (QED) is 0.931. The Morgan fingerprint density at radius 3 is 2.86 bits per heavy atom. The Kier molecular flexibility index (Phi) is 3.42. The number of hydrogen-bond donors (Lipinski definition) is 1. The summed E-state index contributed by atoms with van der Waals surface area (Å²) >= 11 is 0.955. The Morgan fingerprint density at radius 1 is 1.38 bits per heavy atom. The van der Waals surface area contributed by atoms with Crippen LogP contribution in [0.2, 0.25) is 0 Å². The van der Waals surface area contributed by atoms with Gasteiger partial charge >= 0.3 is 4.87 Å². The van der Waals surface area contributed by atoms with Crippen LogP contribution in [-0.4, -0.2) is 17.3 Å². The highest BCUT2D eigenvalue weighted by atomic mass is 32.1. The molecule has 0 radical (unpaired) electrons. The van der Waals surface area contributed by atoms with Gasteiger partial charge in [-0.2, -0.15) is 0 Å². The van der Waals surface area contributed by atoms with E-state index in [9.17, 15) is 9.59 Å². The normalized spacial score (nSPS) is 12.5. The topological polar surface area (TPSA) is 69.6 Å². The number of nitrogens with zero attached hydrogens (tertiary/aromatic N) is 1. The first-order valence-corrected chi connectivity index (χ1v) is 7.21. The maximum atomic E-state index is 12.1. The molecule has 6 nitrogen and oxygen atoms in total. The molecule has 21 heavy (non-hydrogen) atoms. The average Bonchev–Trinajstić information content (AvgIpc) is 3.04. The van der Waals surface area contributed by atoms with Crippen molar-refractivity contribution in [2.75, 3.05) is 6.79 Å². The summed E-state index contributed by atoms with van der Waals surface area (Å²) in [6.07, 6.45) is 0. The lowest BCUT2D eigenvalue weighted by Crippen LogP contribution is -2.22. The highest BCUT2D eigenvalue weighted by Crippen LogP contribution is 2.32. The van der Waals surface area contributed by atoms with Crippen LogP contribution in [0.4, 0.5) is 0 Å². The van der Waals surface area contributed by atoms with Crippen molar-refractivity contribution in [1.29, 1.82) is 0 Å². The summed E-state index contributed by atoms with van der Waals surface area (Å²) in [6, 6.07) is 5.52. The number of amides is 1. The maximum Gasteiger partial charge on any atom is 0.307 e. The number of benzene rings is 1. The third-order valence-corrected chi connectivity index (χ3v) is 4.52. The molecule has 1 aromatic heterocycles. The van der Waals surface area contributed by atoms with Crippen molar-refractivity contribution in [2.24, 2.45) is 7.05 Å². The fourth-order valence-electron chi connectivity index (χ4n) is 2.04. The molecule has 0 aliphatic carbocycles. The molecule has 0 bridgehead atoms. The summed E-state index contributed by atoms with van der Waals surface area (Å²) in [6.45, 7) is 2.35. The molecule has 0 atom stereocenters. The van der Waals surface area contributed by atoms with Gasteiger partial charge < -0.3 is 19.4 Å². The van der Waals surface area contributed by atoms with Gasteiger partial charge in [0.2, 0.25) is 6.79 Å². The number of hydrogen-bond acceptors (Lipinski definition) is 5. The SMILES string of the molecule is Cc1c(C(=O)NCc2ccc3c(c2)OCO3)sc(=O)n1C. The van der Waals surface area contributed by atoms with Crippen molar-refractivity contribution in [3.8, 4) is 11.5 Å². The molecule has 0 fully saturated rings. The predicted octanol–water partition coefficient (Wildman–Crippen LogP) is 1.41. The third kappa shape index (κ3) is 2.52. The van der Waals surface area contributed by atoms with Gasteiger partial charge in [0.25, 0.3) is 5.91 Å². The highest BCUT2D eigenvalue weighted by molar-refractivity contribution is 7.11. The first-order chi connectivity index (χ1) is 10.1. The van der Waals surface area contributed by atoms with Crippen LogP contribution < -0.4 is 19.7 Å². The number of rotatable bonds is 3. The number of fused-ring (bicyclic) bond motifs is 1. The van der Waals surface area contributed by atoms with E-state index in [0.717, 1.165) is 16.9 Å². The number of carbonyl (C=O) groups excluding carboxylic acids is 1. The molecular formula is C14H14N2O4S. The Morgan fingerprint density at radius 2 is 2.14 bits per heavy atom. The van der Waals surface area contributed by atoms with Crippen LogP contribution >= 0.6 is 11.3 Å². The van der Waals surface area contributed by atoms with Crippen LogP contribution in [0.3, 0.4) is 0 Å². The average molecular weight is 306 g/mol. The second-order valence-electron chi connectivity index (χ2n) is 4.71. The summed E-state index contributed by atoms with van der Waals surface area (Å²) in [5.41, 5.74) is 1.58. The lowest BCUT2D eigenvalue weighted by molar-refractivity contribution is 0.0954. The van der Waals surface area contributed by atoms with Gasteiger partial charge in [-0.15, -0.1) is 0 Å². The fraction of sp³-hybridized carbons (Fsp3) is 0.286. The van der Waals surface area contributed by atoms with Crippen molar-refractivity contribution in [1.82, 2.24) is 9.88 Å². The van der Waals surface area contributed by atoms with Crippen molar-refractivity contribution in [3.05, 3.63) is 44.0 Å². The van der Waals surface area contributed by atoms with Crippen molar-refractivity contribution < 1.29 is 14.3 Å². The smallest absolute Gasteiger partial charge is 0.307 e. The second kappa shape index (κ2) is 5.25. The highest BCUT2D eigenvalue weighted by Gasteiger charge is 2.17. The van der Waals surface area contributed by atoms with E-state index >= 15 is 0 Å². The third-order valence-electron chi connectivity index (χ3n) is 3.39. The van der Waals surface area contributed by atoms with Crippen LogP contribution in [0.5, 0.6) is 11.5 Å². The summed E-state index contributed by atoms with van der Waals surface area (Å²) in [4.78, 5) is 24.0. The van der Waals surface area contributed by atoms with Gasteiger partial charge in [-0.05, 0) is 24.6 Å². The summed E-state index contributed by atoms with van der Waals surface area (Å²) in [7, 11) is 1.66. The minimum absolute atomic E-state index is 0.138. The Hall–Kier alpha value is -2.28. The fourth-order valence-corrected chi connectivity index (χ4v) is 2.94. The molecule has 0 saturated carbocycles. The van der Waals surface area contributed by atoms with Crippen molar-refractivity contribution in [3.63, 3.8) is 0 Å². The lowest BCUT2D eigenvalue weighted by Gasteiger charge is -2.06. The standard InChI is InChI=1S/C14H14N2O4S/c1-8-12(21-14(18)16(8)2)13(17)15-6-9-3-4-10-11(5-9)20-7-19-10/h3-5H,6-7H2,1-2H3,(H,15,17). The molecule has 0 saturated heterocycles. The van der Waals surface area contributed by atoms with Crippen molar-refractivity contribution in [2.45, 2.75) is 13.5 Å². The van der Waals surface area contributed by atoms with Gasteiger partial charge in [-0.1, -0.05) is 17.4 Å². The van der Waals surface area contributed by atoms with Gasteiger partial charge in [0.1, 0.15) is 4.88 Å². The van der Waals surface area contributed by atoms with Crippen LogP contribution in [0.25, 0.3) is 0 Å². The minimum atomic E-state index is -0.243. The number of thiazole rings is 1. The second-order valence-corrected chi connectivity index (χ2v) is 5.67. The Labute approximate surface area is 124 Å². The van der Waals surface area contributed by atoms with E-state index in [2.05, 4.69) is 5.32 Å². The van der Waals surface area contributed by atoms with Crippen LogP contribution in [0, 0.1) is 6.92 Å². The van der Waals surface area contributed by atoms with E-state index in [1.807, 2.05) is 18.2 Å². The molecule has 1 N–H and O–H groups in total. The van der Waals surface area contributed by atoms with E-state index in [4.69, 9.17) is 9.47 Å². The zero-order valence-corrected chi connectivity index (χ0v) is 12.5. The molecular weight excluding hydrogens is 292 g/mol. The molecule has 1 amide bonds. The molecule has 1 aliphatic heterocycles. The van der Waals surface area contributed by atoms with E-state index in [1.165, 1.54) is 4.57 Å². The molecule has 1 aliphatic rings. The molecule has 0 spiro atoms. The van der Waals surface area contributed by atoms with Gasteiger partial charge in [-0.25, -0.2) is 0 Å². The monoisotopic (exact) mass is 306 g/mol. The Balaban J connectivity index is 1.71. The molecule has 2 heterocycles. The van der Waals surface area contributed by atoms with E-state index < -0.39 is 0 Å². The molecule has 3 rings (SSSR count). The zero-order chi connectivity index (χ0) is 15.0. The lowest BCUT2D eigenvalue weighted by atomic mass is 10.2. The van der Waals surface area contributed by atoms with Gasteiger partial charge in [-0.3, -0.25) is 9.59 Å². The van der Waals surface area contributed by atoms with Gasteiger partial charge in [0.05, 0.1) is 0 Å². The van der Waals surface area contributed by atoms with Gasteiger partial charge in [0.15, 0.2) is 11.5 Å². The van der Waals surface area contributed by atoms with Gasteiger partial charge in [0, 0.05) is 19.3 Å². The molecule has 2 aromatic rings. The first-order valence-electron chi connectivity index (χ1n) is 6.39. The van der Waals surface area contributed by atoms with E-state index in [-0.39, 0.29) is 17.6 Å². The maximum absolute atomic E-state index is 12.1. The van der Waals surface area contributed by atoms with Crippen LogP contribution in [0.1, 0.15) is 20.9 Å². The first kappa shape index (κ1) is 13.7. The Bertz CT molecular complexity index is 763. The van der Waals surface area contributed by atoms with E-state index in [1.54, 1.807) is 14.0 Å². The number of ether oxygens (including phenoxy) is 2. The predicted molar refractivity (Wildman–Crippen MR) is 78.0 cm³/mol. The summed E-state index contributed by atoms with van der Waals surface area (Å²) in [5, 5.41) is 2.81. The molecule has 1 aromatic carbocycles. The largest absolute Gasteiger partial charge is 0.454 e. The minimum Gasteiger partial charge on any atom is -0.454 e. The summed E-state index contributed by atoms with van der Waals surface area (Å²) in [5.74, 6) is 1.15. The molecule has 110 valence electrons. The number of nitrogens with one attached hydrogen (secondary N) is 1. The number of carbonyl (C=O) groups is 1. The van der Waals surface area contributed by atoms with Crippen LogP contribution in [0.15, 0.2) is 23.0 Å².